The molecule has 27 heavy (non-hydrogen) atoms. The van der Waals surface area contributed by atoms with Crippen molar-refractivity contribution in [2.24, 2.45) is 5.92 Å². The van der Waals surface area contributed by atoms with E-state index >= 15 is 0 Å². The van der Waals surface area contributed by atoms with Gasteiger partial charge in [-0.15, -0.1) is 0 Å². The predicted octanol–water partition coefficient (Wildman–Crippen LogP) is 1.64. The molecule has 1 aromatic rings. The summed E-state index contributed by atoms with van der Waals surface area (Å²) < 4.78 is 0. The van der Waals surface area contributed by atoms with Crippen LogP contribution in [-0.4, -0.2) is 66.9 Å². The molecule has 1 fully saturated rings. The molecule has 150 valence electrons. The summed E-state index contributed by atoms with van der Waals surface area (Å²) in [6.07, 6.45) is 0. The molecule has 0 aromatic heterocycles. The number of benzene rings is 1. The van der Waals surface area contributed by atoms with Gasteiger partial charge < -0.3 is 10.6 Å². The van der Waals surface area contributed by atoms with E-state index in [0.29, 0.717) is 19.0 Å². The van der Waals surface area contributed by atoms with E-state index in [1.54, 1.807) is 0 Å². The highest BCUT2D eigenvalue weighted by Gasteiger charge is 2.23. The Hall–Kier alpha value is -1.92. The summed E-state index contributed by atoms with van der Waals surface area (Å²) in [7, 11) is 0. The highest BCUT2D eigenvalue weighted by molar-refractivity contribution is 5.79. The summed E-state index contributed by atoms with van der Waals surface area (Å²) in [4.78, 5) is 28.7. The van der Waals surface area contributed by atoms with Crippen LogP contribution in [0.5, 0.6) is 0 Å². The van der Waals surface area contributed by atoms with Crippen LogP contribution in [0, 0.1) is 5.92 Å². The van der Waals surface area contributed by atoms with Crippen molar-refractivity contribution in [2.45, 2.75) is 39.8 Å². The minimum atomic E-state index is 0.0275. The summed E-state index contributed by atoms with van der Waals surface area (Å²) in [5.41, 5.74) is 1.14. The second-order valence-electron chi connectivity index (χ2n) is 7.97. The van der Waals surface area contributed by atoms with Crippen LogP contribution in [0.3, 0.4) is 0 Å². The number of carbonyl (C=O) groups is 2. The smallest absolute Gasteiger partial charge is 0.234 e. The minimum Gasteiger partial charge on any atom is -0.353 e. The number of carbonyl (C=O) groups excluding carboxylic acids is 2. The highest BCUT2D eigenvalue weighted by atomic mass is 16.2. The number of hydrogen-bond donors (Lipinski definition) is 2. The van der Waals surface area contributed by atoms with Gasteiger partial charge in [0.15, 0.2) is 0 Å². The van der Waals surface area contributed by atoms with Crippen LogP contribution in [0.1, 0.15) is 39.3 Å². The summed E-state index contributed by atoms with van der Waals surface area (Å²) in [6, 6.07) is 10.3. The van der Waals surface area contributed by atoms with E-state index < -0.39 is 0 Å². The maximum absolute atomic E-state index is 12.5. The Bertz CT molecular complexity index is 595. The maximum Gasteiger partial charge on any atom is 0.234 e. The number of nitrogens with one attached hydrogen (secondary N) is 2. The number of nitrogens with zero attached hydrogens (tertiary/aromatic N) is 2. The van der Waals surface area contributed by atoms with Gasteiger partial charge in [-0.2, -0.15) is 0 Å². The van der Waals surface area contributed by atoms with Crippen LogP contribution in [0.2, 0.25) is 0 Å². The lowest BCUT2D eigenvalue weighted by Crippen LogP contribution is -2.52. The fraction of sp³-hybridized carbons (Fsp3) is 0.619. The lowest BCUT2D eigenvalue weighted by atomic mass is 9.96. The third-order valence-corrected chi connectivity index (χ3v) is 4.79. The number of hydrogen-bond acceptors (Lipinski definition) is 4. The molecule has 6 heteroatoms. The molecule has 6 nitrogen and oxygen atoms in total. The van der Waals surface area contributed by atoms with Crippen LogP contribution in [0.4, 0.5) is 0 Å². The standard InChI is InChI=1S/C21H34N4O2/c1-16(2)21(18-8-6-5-7-9-18)23-20(27)15-25-12-10-24(11-13-25)14-19(26)22-17(3)4/h5-9,16-17,21H,10-15H2,1-4H3,(H,22,26)(H,23,27). The summed E-state index contributed by atoms with van der Waals surface area (Å²) in [6.45, 7) is 12.3. The van der Waals surface area contributed by atoms with E-state index in [-0.39, 0.29) is 23.9 Å². The Morgan fingerprint density at radius 3 is 1.78 bits per heavy atom. The van der Waals surface area contributed by atoms with Crippen molar-refractivity contribution in [3.05, 3.63) is 35.9 Å². The van der Waals surface area contributed by atoms with E-state index in [2.05, 4.69) is 46.4 Å². The first-order valence-electron chi connectivity index (χ1n) is 9.93. The van der Waals surface area contributed by atoms with Crippen LogP contribution < -0.4 is 10.6 Å². The summed E-state index contributed by atoms with van der Waals surface area (Å²) >= 11 is 0. The first-order chi connectivity index (χ1) is 12.8. The molecule has 2 rings (SSSR count). The molecule has 2 N–H and O–H groups in total. The fourth-order valence-electron chi connectivity index (χ4n) is 3.39. The van der Waals surface area contributed by atoms with Crippen LogP contribution in [0.25, 0.3) is 0 Å². The van der Waals surface area contributed by atoms with Crippen LogP contribution in [0.15, 0.2) is 30.3 Å². The van der Waals surface area contributed by atoms with Gasteiger partial charge in [-0.25, -0.2) is 0 Å². The molecular formula is C21H34N4O2. The zero-order chi connectivity index (χ0) is 19.8. The molecule has 1 aliphatic heterocycles. The van der Waals surface area contributed by atoms with Gasteiger partial charge >= 0.3 is 0 Å². The average molecular weight is 375 g/mol. The molecule has 1 heterocycles. The van der Waals surface area contributed by atoms with Gasteiger partial charge in [0.05, 0.1) is 19.1 Å². The second-order valence-corrected chi connectivity index (χ2v) is 7.97. The number of rotatable bonds is 8. The van der Waals surface area contributed by atoms with Crippen molar-refractivity contribution in [3.63, 3.8) is 0 Å². The maximum atomic E-state index is 12.5. The van der Waals surface area contributed by atoms with Gasteiger partial charge in [0.2, 0.25) is 11.8 Å². The van der Waals surface area contributed by atoms with Gasteiger partial charge in [0, 0.05) is 32.2 Å². The predicted molar refractivity (Wildman–Crippen MR) is 108 cm³/mol. The van der Waals surface area contributed by atoms with Crippen LogP contribution >= 0.6 is 0 Å². The van der Waals surface area contributed by atoms with Gasteiger partial charge in [-0.05, 0) is 25.3 Å². The third kappa shape index (κ3) is 7.31. The van der Waals surface area contributed by atoms with Crippen molar-refractivity contribution in [3.8, 4) is 0 Å². The monoisotopic (exact) mass is 374 g/mol. The summed E-state index contributed by atoms with van der Waals surface area (Å²) in [5.74, 6) is 0.454. The van der Waals surface area contributed by atoms with Crippen molar-refractivity contribution >= 4 is 11.8 Å². The van der Waals surface area contributed by atoms with E-state index in [9.17, 15) is 9.59 Å². The number of amides is 2. The van der Waals surface area contributed by atoms with Crippen molar-refractivity contribution in [1.82, 2.24) is 20.4 Å². The largest absolute Gasteiger partial charge is 0.353 e. The Balaban J connectivity index is 1.77. The fourth-order valence-corrected chi connectivity index (χ4v) is 3.39. The zero-order valence-corrected chi connectivity index (χ0v) is 17.1. The first-order valence-corrected chi connectivity index (χ1v) is 9.93. The normalized spacial score (nSPS) is 17.1. The van der Waals surface area contributed by atoms with Crippen molar-refractivity contribution < 1.29 is 9.59 Å². The molecule has 1 aliphatic rings. The Morgan fingerprint density at radius 2 is 1.33 bits per heavy atom. The molecule has 0 spiro atoms. The van der Waals surface area contributed by atoms with Gasteiger partial charge in [0.1, 0.15) is 0 Å². The minimum absolute atomic E-state index is 0.0275. The highest BCUT2D eigenvalue weighted by Crippen LogP contribution is 2.21. The molecular weight excluding hydrogens is 340 g/mol. The Morgan fingerprint density at radius 1 is 0.852 bits per heavy atom. The molecule has 0 aliphatic carbocycles. The molecule has 0 bridgehead atoms. The first kappa shape index (κ1) is 21.4. The van der Waals surface area contributed by atoms with Crippen molar-refractivity contribution in [2.75, 3.05) is 39.3 Å². The van der Waals surface area contributed by atoms with Crippen molar-refractivity contribution in [1.29, 1.82) is 0 Å². The molecule has 1 unspecified atom stereocenters. The molecule has 1 saturated heterocycles. The van der Waals surface area contributed by atoms with E-state index in [4.69, 9.17) is 0 Å². The Labute approximate surface area is 163 Å². The topological polar surface area (TPSA) is 64.7 Å². The molecule has 2 amide bonds. The van der Waals surface area contributed by atoms with E-state index in [1.165, 1.54) is 0 Å². The van der Waals surface area contributed by atoms with Crippen LogP contribution in [-0.2, 0) is 9.59 Å². The number of piperazine rings is 1. The lowest BCUT2D eigenvalue weighted by Gasteiger charge is -2.34. The van der Waals surface area contributed by atoms with Gasteiger partial charge in [0.25, 0.3) is 0 Å². The quantitative estimate of drug-likeness (QED) is 0.726. The third-order valence-electron chi connectivity index (χ3n) is 4.79. The molecule has 1 atom stereocenters. The van der Waals surface area contributed by atoms with E-state index in [1.807, 2.05) is 32.0 Å². The average Bonchev–Trinajstić information content (AvgIpc) is 2.61. The van der Waals surface area contributed by atoms with Gasteiger partial charge in [-0.3, -0.25) is 19.4 Å². The molecule has 0 saturated carbocycles. The SMILES string of the molecule is CC(C)NC(=O)CN1CCN(CC(=O)NC(c2ccccc2)C(C)C)CC1. The molecule has 0 radical (unpaired) electrons. The zero-order valence-electron chi connectivity index (χ0n) is 17.1. The van der Waals surface area contributed by atoms with Gasteiger partial charge in [-0.1, -0.05) is 44.2 Å². The summed E-state index contributed by atoms with van der Waals surface area (Å²) in [5, 5.41) is 6.11. The second kappa shape index (κ2) is 10.4. The Kier molecular flexibility index (Phi) is 8.25. The molecule has 1 aromatic carbocycles. The lowest BCUT2D eigenvalue weighted by molar-refractivity contribution is -0.125. The van der Waals surface area contributed by atoms with E-state index in [0.717, 1.165) is 31.7 Å².